The summed E-state index contributed by atoms with van der Waals surface area (Å²) in [7, 11) is 3.10. The Bertz CT molecular complexity index is 1050. The number of rotatable bonds is 6. The summed E-state index contributed by atoms with van der Waals surface area (Å²) >= 11 is 0. The Labute approximate surface area is 169 Å². The van der Waals surface area contributed by atoms with Crippen molar-refractivity contribution in [2.45, 2.75) is 6.42 Å². The van der Waals surface area contributed by atoms with Gasteiger partial charge >= 0.3 is 0 Å². The van der Waals surface area contributed by atoms with Crippen LogP contribution >= 0.6 is 0 Å². The minimum atomic E-state index is -0.439. The van der Waals surface area contributed by atoms with Crippen molar-refractivity contribution in [2.75, 3.05) is 14.2 Å². The number of hydrogen-bond acceptors (Lipinski definition) is 4. The van der Waals surface area contributed by atoms with Gasteiger partial charge in [-0.1, -0.05) is 48.5 Å². The van der Waals surface area contributed by atoms with Crippen LogP contribution in [0, 0.1) is 0 Å². The van der Waals surface area contributed by atoms with E-state index in [-0.39, 0.29) is 12.3 Å². The number of methoxy groups -OCH3 is 2. The number of fused-ring (bicyclic) bond motifs is 1. The van der Waals surface area contributed by atoms with Crippen LogP contribution in [0.15, 0.2) is 66.7 Å². The molecule has 0 heterocycles. The third kappa shape index (κ3) is 5.13. The minimum absolute atomic E-state index is 0.168. The average Bonchev–Trinajstić information content (AvgIpc) is 2.76. The van der Waals surface area contributed by atoms with Crippen LogP contribution in [-0.2, 0) is 16.0 Å². The fourth-order valence-corrected chi connectivity index (χ4v) is 2.97. The lowest BCUT2D eigenvalue weighted by Gasteiger charge is -2.08. The Morgan fingerprint density at radius 3 is 2.45 bits per heavy atom. The molecule has 0 aliphatic rings. The summed E-state index contributed by atoms with van der Waals surface area (Å²) < 4.78 is 10.4. The normalized spacial score (nSPS) is 10.7. The Morgan fingerprint density at radius 2 is 1.66 bits per heavy atom. The van der Waals surface area contributed by atoms with Gasteiger partial charge in [0, 0.05) is 6.08 Å². The Hall–Kier alpha value is -3.80. The molecule has 6 nitrogen and oxygen atoms in total. The van der Waals surface area contributed by atoms with E-state index < -0.39 is 5.91 Å². The summed E-state index contributed by atoms with van der Waals surface area (Å²) in [5, 5.41) is 2.09. The van der Waals surface area contributed by atoms with E-state index in [9.17, 15) is 9.59 Å². The number of carbonyl (C=O) groups excluding carboxylic acids is 2. The van der Waals surface area contributed by atoms with Crippen molar-refractivity contribution in [3.63, 3.8) is 0 Å². The molecule has 29 heavy (non-hydrogen) atoms. The molecule has 0 unspecified atom stereocenters. The van der Waals surface area contributed by atoms with Gasteiger partial charge in [0.1, 0.15) is 0 Å². The molecular weight excluding hydrogens is 368 g/mol. The fraction of sp³-hybridized carbons (Fsp3) is 0.130. The highest BCUT2D eigenvalue weighted by Gasteiger charge is 2.08. The van der Waals surface area contributed by atoms with E-state index in [2.05, 4.69) is 10.9 Å². The van der Waals surface area contributed by atoms with Crippen LogP contribution < -0.4 is 20.3 Å². The topological polar surface area (TPSA) is 76.7 Å². The second-order valence-electron chi connectivity index (χ2n) is 6.30. The second kappa shape index (κ2) is 9.41. The van der Waals surface area contributed by atoms with Crippen molar-refractivity contribution < 1.29 is 19.1 Å². The van der Waals surface area contributed by atoms with E-state index in [1.807, 2.05) is 42.5 Å². The zero-order chi connectivity index (χ0) is 20.6. The van der Waals surface area contributed by atoms with Crippen LogP contribution in [0.2, 0.25) is 0 Å². The Morgan fingerprint density at radius 1 is 0.897 bits per heavy atom. The van der Waals surface area contributed by atoms with Crippen LogP contribution in [0.5, 0.6) is 11.5 Å². The maximum atomic E-state index is 12.2. The smallest absolute Gasteiger partial charge is 0.262 e. The molecule has 2 amide bonds. The summed E-state index contributed by atoms with van der Waals surface area (Å²) in [6, 6.07) is 19.0. The van der Waals surface area contributed by atoms with Gasteiger partial charge in [-0.3, -0.25) is 20.4 Å². The van der Waals surface area contributed by atoms with Gasteiger partial charge in [0.25, 0.3) is 5.91 Å². The number of hydrazine groups is 1. The summed E-state index contributed by atoms with van der Waals surface area (Å²) in [4.78, 5) is 24.2. The molecule has 0 saturated carbocycles. The van der Waals surface area contributed by atoms with Gasteiger partial charge in [-0.2, -0.15) is 0 Å². The largest absolute Gasteiger partial charge is 0.493 e. The van der Waals surface area contributed by atoms with Gasteiger partial charge in [-0.15, -0.1) is 0 Å². The summed E-state index contributed by atoms with van der Waals surface area (Å²) in [5.41, 5.74) is 6.49. The van der Waals surface area contributed by atoms with Crippen LogP contribution in [0.25, 0.3) is 16.8 Å². The van der Waals surface area contributed by atoms with E-state index in [4.69, 9.17) is 9.47 Å². The predicted octanol–water partition coefficient (Wildman–Crippen LogP) is 3.26. The third-order valence-corrected chi connectivity index (χ3v) is 4.39. The van der Waals surface area contributed by atoms with Crippen molar-refractivity contribution >= 4 is 28.7 Å². The van der Waals surface area contributed by atoms with E-state index >= 15 is 0 Å². The number of carbonyl (C=O) groups is 2. The van der Waals surface area contributed by atoms with E-state index in [1.165, 1.54) is 6.08 Å². The monoisotopic (exact) mass is 390 g/mol. The molecule has 0 spiro atoms. The highest BCUT2D eigenvalue weighted by atomic mass is 16.5. The van der Waals surface area contributed by atoms with Gasteiger partial charge in [-0.05, 0) is 40.1 Å². The SMILES string of the molecule is COc1ccc(C=CC(=O)NNC(=O)Cc2cccc3ccccc23)cc1OC. The molecule has 148 valence electrons. The third-order valence-electron chi connectivity index (χ3n) is 4.39. The maximum Gasteiger partial charge on any atom is 0.262 e. The molecule has 0 atom stereocenters. The molecule has 0 aliphatic carbocycles. The minimum Gasteiger partial charge on any atom is -0.493 e. The van der Waals surface area contributed by atoms with Crippen molar-refractivity contribution in [3.8, 4) is 11.5 Å². The molecule has 2 N–H and O–H groups in total. The van der Waals surface area contributed by atoms with E-state index in [0.29, 0.717) is 11.5 Å². The number of hydrogen-bond donors (Lipinski definition) is 2. The molecule has 0 bridgehead atoms. The van der Waals surface area contributed by atoms with Gasteiger partial charge in [0.05, 0.1) is 20.6 Å². The molecule has 0 saturated heterocycles. The number of nitrogens with one attached hydrogen (secondary N) is 2. The van der Waals surface area contributed by atoms with E-state index in [0.717, 1.165) is 21.9 Å². The standard InChI is InChI=1S/C23H22N2O4/c1-28-20-12-10-16(14-21(20)29-2)11-13-22(26)24-25-23(27)15-18-8-5-7-17-6-3-4-9-19(17)18/h3-14H,15H2,1-2H3,(H,24,26)(H,25,27). The molecule has 6 heteroatoms. The quantitative estimate of drug-likeness (QED) is 0.500. The van der Waals surface area contributed by atoms with Gasteiger partial charge in [0.2, 0.25) is 5.91 Å². The van der Waals surface area contributed by atoms with Crippen molar-refractivity contribution in [3.05, 3.63) is 77.9 Å². The van der Waals surface area contributed by atoms with Gasteiger partial charge < -0.3 is 9.47 Å². The van der Waals surface area contributed by atoms with Crippen molar-refractivity contribution in [1.29, 1.82) is 0 Å². The second-order valence-corrected chi connectivity index (χ2v) is 6.30. The Balaban J connectivity index is 1.56. The number of benzene rings is 3. The first-order valence-corrected chi connectivity index (χ1v) is 9.06. The van der Waals surface area contributed by atoms with Crippen LogP contribution in [0.1, 0.15) is 11.1 Å². The molecule has 0 aliphatic heterocycles. The maximum absolute atomic E-state index is 12.2. The molecule has 3 aromatic carbocycles. The molecule has 0 radical (unpaired) electrons. The highest BCUT2D eigenvalue weighted by molar-refractivity contribution is 5.94. The lowest BCUT2D eigenvalue weighted by atomic mass is 10.0. The molecule has 3 rings (SSSR count). The van der Waals surface area contributed by atoms with Crippen LogP contribution in [-0.4, -0.2) is 26.0 Å². The molecule has 0 aromatic heterocycles. The van der Waals surface area contributed by atoms with Crippen molar-refractivity contribution in [2.24, 2.45) is 0 Å². The highest BCUT2D eigenvalue weighted by Crippen LogP contribution is 2.27. The summed E-state index contributed by atoms with van der Waals surface area (Å²) in [5.74, 6) is 0.438. The van der Waals surface area contributed by atoms with E-state index in [1.54, 1.807) is 38.5 Å². The van der Waals surface area contributed by atoms with Crippen LogP contribution in [0.3, 0.4) is 0 Å². The fourth-order valence-electron chi connectivity index (χ4n) is 2.97. The summed E-state index contributed by atoms with van der Waals surface area (Å²) in [6.45, 7) is 0. The van der Waals surface area contributed by atoms with Gasteiger partial charge in [0.15, 0.2) is 11.5 Å². The first-order chi connectivity index (χ1) is 14.1. The first kappa shape index (κ1) is 19.9. The lowest BCUT2D eigenvalue weighted by Crippen LogP contribution is -2.41. The lowest BCUT2D eigenvalue weighted by molar-refractivity contribution is -0.126. The zero-order valence-electron chi connectivity index (χ0n) is 16.3. The Kier molecular flexibility index (Phi) is 6.47. The zero-order valence-corrected chi connectivity index (χ0v) is 16.3. The molecular formula is C23H22N2O4. The molecule has 0 fully saturated rings. The van der Waals surface area contributed by atoms with Crippen LogP contribution in [0.4, 0.5) is 0 Å². The van der Waals surface area contributed by atoms with Gasteiger partial charge in [-0.25, -0.2) is 0 Å². The van der Waals surface area contributed by atoms with Crippen molar-refractivity contribution in [1.82, 2.24) is 10.9 Å². The number of amides is 2. The number of ether oxygens (including phenoxy) is 2. The predicted molar refractivity (Wildman–Crippen MR) is 113 cm³/mol. The average molecular weight is 390 g/mol. The first-order valence-electron chi connectivity index (χ1n) is 9.06. The summed E-state index contributed by atoms with van der Waals surface area (Å²) in [6.07, 6.45) is 3.12. The molecule has 3 aromatic rings.